The second-order valence-electron chi connectivity index (χ2n) is 9.96. The number of hydrogen-bond donors (Lipinski definition) is 0. The Bertz CT molecular complexity index is 735. The molecule has 2 aromatic rings. The molecule has 0 saturated carbocycles. The molecule has 0 atom stereocenters. The summed E-state index contributed by atoms with van der Waals surface area (Å²) in [5.74, 6) is 1.90. The first-order valence-corrected chi connectivity index (χ1v) is 9.70. The Morgan fingerprint density at radius 3 is 1.15 bits per heavy atom. The number of benzene rings is 2. The van der Waals surface area contributed by atoms with Crippen LogP contribution < -0.4 is 9.47 Å². The van der Waals surface area contributed by atoms with E-state index in [1.165, 1.54) is 22.3 Å². The van der Waals surface area contributed by atoms with Crippen molar-refractivity contribution in [2.75, 3.05) is 14.2 Å². The molecule has 0 fully saturated rings. The number of hydrogen-bond acceptors (Lipinski definition) is 2. The van der Waals surface area contributed by atoms with E-state index in [9.17, 15) is 0 Å². The van der Waals surface area contributed by atoms with Crippen LogP contribution in [-0.4, -0.2) is 14.2 Å². The molecule has 0 aliphatic carbocycles. The molecule has 27 heavy (non-hydrogen) atoms. The molecule has 148 valence electrons. The Labute approximate surface area is 165 Å². The van der Waals surface area contributed by atoms with E-state index in [0.29, 0.717) is 0 Å². The van der Waals surface area contributed by atoms with Crippen LogP contribution in [-0.2, 0) is 16.2 Å². The van der Waals surface area contributed by atoms with Gasteiger partial charge in [0.1, 0.15) is 11.5 Å². The van der Waals surface area contributed by atoms with Crippen molar-refractivity contribution in [2.45, 2.75) is 71.6 Å². The normalized spacial score (nSPS) is 12.8. The predicted octanol–water partition coefficient (Wildman–Crippen LogP) is 6.62. The highest BCUT2D eigenvalue weighted by Gasteiger charge is 2.29. The largest absolute Gasteiger partial charge is 0.496 e. The van der Waals surface area contributed by atoms with Gasteiger partial charge in [0.25, 0.3) is 0 Å². The molecule has 2 nitrogen and oxygen atoms in total. The minimum absolute atomic E-state index is 0.0217. The van der Waals surface area contributed by atoms with Gasteiger partial charge in [0.2, 0.25) is 0 Å². The molecule has 0 bridgehead atoms. The molecule has 2 aromatic carbocycles. The van der Waals surface area contributed by atoms with E-state index >= 15 is 0 Å². The Balaban J connectivity index is 2.63. The van der Waals surface area contributed by atoms with Crippen molar-refractivity contribution < 1.29 is 9.47 Å². The molecule has 0 radical (unpaired) electrons. The molecule has 0 aliphatic heterocycles. The van der Waals surface area contributed by atoms with E-state index in [4.69, 9.17) is 9.47 Å². The fourth-order valence-electron chi connectivity index (χ4n) is 3.53. The van der Waals surface area contributed by atoms with Crippen LogP contribution >= 0.6 is 0 Å². The molecule has 0 amide bonds. The zero-order valence-corrected chi connectivity index (χ0v) is 18.8. The van der Waals surface area contributed by atoms with Gasteiger partial charge in [-0.1, -0.05) is 79.7 Å². The zero-order chi connectivity index (χ0) is 20.6. The summed E-state index contributed by atoms with van der Waals surface area (Å²) in [6, 6.07) is 13.2. The van der Waals surface area contributed by atoms with Crippen LogP contribution in [0.15, 0.2) is 36.4 Å². The lowest BCUT2D eigenvalue weighted by atomic mass is 9.73. The van der Waals surface area contributed by atoms with Crippen LogP contribution in [0.3, 0.4) is 0 Å². The van der Waals surface area contributed by atoms with Crippen LogP contribution in [0.1, 0.15) is 77.6 Å². The maximum absolute atomic E-state index is 5.62. The highest BCUT2D eigenvalue weighted by molar-refractivity contribution is 5.50. The van der Waals surface area contributed by atoms with Gasteiger partial charge in [0.05, 0.1) is 14.2 Å². The van der Waals surface area contributed by atoms with Gasteiger partial charge < -0.3 is 9.47 Å². The third-order valence-electron chi connectivity index (χ3n) is 5.46. The summed E-state index contributed by atoms with van der Waals surface area (Å²) in [5, 5.41) is 0. The first-order chi connectivity index (χ1) is 12.3. The standard InChI is InChI=1S/C25H36O2/c1-23(2,3)19-15-17(11-13-21(19)26-9)25(7,8)18-12-14-22(27-10)20(16-18)24(4,5)6/h11-16H,1-10H3. The molecule has 0 heterocycles. The molecule has 0 unspecified atom stereocenters. The topological polar surface area (TPSA) is 18.5 Å². The third-order valence-corrected chi connectivity index (χ3v) is 5.46. The summed E-state index contributed by atoms with van der Waals surface area (Å²) < 4.78 is 11.2. The monoisotopic (exact) mass is 368 g/mol. The fourth-order valence-corrected chi connectivity index (χ4v) is 3.53. The van der Waals surface area contributed by atoms with Gasteiger partial charge >= 0.3 is 0 Å². The van der Waals surface area contributed by atoms with Crippen LogP contribution in [0.5, 0.6) is 11.5 Å². The SMILES string of the molecule is COc1ccc(C(C)(C)c2ccc(OC)c(C(C)(C)C)c2)cc1C(C)(C)C. The minimum atomic E-state index is -0.126. The average molecular weight is 369 g/mol. The lowest BCUT2D eigenvalue weighted by molar-refractivity contribution is 0.396. The molecule has 2 heteroatoms. The maximum atomic E-state index is 5.62. The smallest absolute Gasteiger partial charge is 0.122 e. The summed E-state index contributed by atoms with van der Waals surface area (Å²) in [6.07, 6.45) is 0. The summed E-state index contributed by atoms with van der Waals surface area (Å²) >= 11 is 0. The molecular formula is C25H36O2. The summed E-state index contributed by atoms with van der Waals surface area (Å²) in [4.78, 5) is 0. The van der Waals surface area contributed by atoms with Crippen LogP contribution in [0.25, 0.3) is 0 Å². The lowest BCUT2D eigenvalue weighted by Gasteiger charge is -2.31. The molecule has 0 saturated heterocycles. The van der Waals surface area contributed by atoms with Gasteiger partial charge in [-0.25, -0.2) is 0 Å². The molecule has 0 aromatic heterocycles. The Morgan fingerprint density at radius 1 is 0.556 bits per heavy atom. The fraction of sp³-hybridized carbons (Fsp3) is 0.520. The molecular weight excluding hydrogens is 332 g/mol. The van der Waals surface area contributed by atoms with Gasteiger partial charge in [0.15, 0.2) is 0 Å². The van der Waals surface area contributed by atoms with Crippen molar-refractivity contribution in [1.29, 1.82) is 0 Å². The molecule has 0 N–H and O–H groups in total. The quantitative estimate of drug-likeness (QED) is 0.603. The summed E-state index contributed by atoms with van der Waals surface area (Å²) in [5.41, 5.74) is 4.97. The first-order valence-electron chi connectivity index (χ1n) is 9.70. The second kappa shape index (κ2) is 7.22. The highest BCUT2D eigenvalue weighted by atomic mass is 16.5. The first kappa shape index (κ1) is 21.3. The number of methoxy groups -OCH3 is 2. The van der Waals surface area contributed by atoms with Crippen molar-refractivity contribution in [3.05, 3.63) is 58.7 Å². The van der Waals surface area contributed by atoms with Crippen LogP contribution in [0.2, 0.25) is 0 Å². The van der Waals surface area contributed by atoms with Gasteiger partial charge in [-0.2, -0.15) is 0 Å². The van der Waals surface area contributed by atoms with Crippen molar-refractivity contribution >= 4 is 0 Å². The van der Waals surface area contributed by atoms with E-state index in [2.05, 4.69) is 91.8 Å². The lowest BCUT2D eigenvalue weighted by Crippen LogP contribution is -2.23. The zero-order valence-electron chi connectivity index (χ0n) is 18.8. The van der Waals surface area contributed by atoms with Gasteiger partial charge in [-0.15, -0.1) is 0 Å². The maximum Gasteiger partial charge on any atom is 0.122 e. The van der Waals surface area contributed by atoms with E-state index in [-0.39, 0.29) is 16.2 Å². The number of rotatable bonds is 4. The predicted molar refractivity (Wildman–Crippen MR) is 116 cm³/mol. The number of ether oxygens (including phenoxy) is 2. The van der Waals surface area contributed by atoms with Crippen molar-refractivity contribution in [3.8, 4) is 11.5 Å². The summed E-state index contributed by atoms with van der Waals surface area (Å²) in [6.45, 7) is 17.9. The van der Waals surface area contributed by atoms with Gasteiger partial charge in [-0.3, -0.25) is 0 Å². The van der Waals surface area contributed by atoms with E-state index in [1.54, 1.807) is 14.2 Å². The Hall–Kier alpha value is -1.96. The van der Waals surface area contributed by atoms with Gasteiger partial charge in [0, 0.05) is 5.41 Å². The second-order valence-corrected chi connectivity index (χ2v) is 9.96. The van der Waals surface area contributed by atoms with Crippen LogP contribution in [0.4, 0.5) is 0 Å². The van der Waals surface area contributed by atoms with Crippen molar-refractivity contribution in [1.82, 2.24) is 0 Å². The summed E-state index contributed by atoms with van der Waals surface area (Å²) in [7, 11) is 3.49. The Kier molecular flexibility index (Phi) is 5.71. The molecule has 0 spiro atoms. The van der Waals surface area contributed by atoms with E-state index in [1.807, 2.05) is 0 Å². The van der Waals surface area contributed by atoms with Crippen molar-refractivity contribution in [3.63, 3.8) is 0 Å². The average Bonchev–Trinajstić information content (AvgIpc) is 2.58. The van der Waals surface area contributed by atoms with Crippen LogP contribution in [0, 0.1) is 0 Å². The Morgan fingerprint density at radius 2 is 0.889 bits per heavy atom. The van der Waals surface area contributed by atoms with E-state index < -0.39 is 0 Å². The minimum Gasteiger partial charge on any atom is -0.496 e. The van der Waals surface area contributed by atoms with Gasteiger partial charge in [-0.05, 0) is 45.2 Å². The van der Waals surface area contributed by atoms with Crippen molar-refractivity contribution in [2.24, 2.45) is 0 Å². The highest BCUT2D eigenvalue weighted by Crippen LogP contribution is 2.41. The molecule has 2 rings (SSSR count). The van der Waals surface area contributed by atoms with E-state index in [0.717, 1.165) is 11.5 Å². The third kappa shape index (κ3) is 4.31. The molecule has 0 aliphatic rings.